The second-order valence-corrected chi connectivity index (χ2v) is 8.69. The molecule has 3 aromatic carbocycles. The minimum Gasteiger partial charge on any atom is -0.478 e. The summed E-state index contributed by atoms with van der Waals surface area (Å²) in [6.07, 6.45) is 0.213. The van der Waals surface area contributed by atoms with Crippen LogP contribution in [0.2, 0.25) is 0 Å². The highest BCUT2D eigenvalue weighted by Gasteiger charge is 2.29. The molecule has 0 saturated carbocycles. The molecule has 3 N–H and O–H groups in total. The molecule has 0 radical (unpaired) electrons. The summed E-state index contributed by atoms with van der Waals surface area (Å²) < 4.78 is 5.56. The van der Waals surface area contributed by atoms with Gasteiger partial charge in [-0.05, 0) is 53.3 Å². The van der Waals surface area contributed by atoms with Gasteiger partial charge in [-0.2, -0.15) is 0 Å². The molecule has 1 aliphatic carbocycles. The first-order valence-electron chi connectivity index (χ1n) is 11.6. The molecule has 0 heterocycles. The average molecular weight is 473 g/mol. The van der Waals surface area contributed by atoms with E-state index in [-0.39, 0.29) is 36.5 Å². The van der Waals surface area contributed by atoms with Gasteiger partial charge in [-0.25, -0.2) is 9.59 Å². The SMILES string of the molecule is CC(CCC(=O)NCc1ccc(C(=O)O)cc1)NC(=O)OCC1c2ccccc2-c2ccccc21. The third-order valence-corrected chi connectivity index (χ3v) is 6.20. The predicted octanol–water partition coefficient (Wildman–Crippen LogP) is 4.71. The Morgan fingerprint density at radius 2 is 1.51 bits per heavy atom. The van der Waals surface area contributed by atoms with E-state index in [1.165, 1.54) is 23.3 Å². The maximum atomic E-state index is 12.4. The molecule has 0 spiro atoms. The van der Waals surface area contributed by atoms with Crippen LogP contribution in [-0.4, -0.2) is 35.7 Å². The lowest BCUT2D eigenvalue weighted by molar-refractivity contribution is -0.121. The van der Waals surface area contributed by atoms with E-state index >= 15 is 0 Å². The van der Waals surface area contributed by atoms with E-state index in [0.29, 0.717) is 13.0 Å². The van der Waals surface area contributed by atoms with Crippen LogP contribution in [0.1, 0.15) is 52.7 Å². The van der Waals surface area contributed by atoms with E-state index in [2.05, 4.69) is 34.9 Å². The quantitative estimate of drug-likeness (QED) is 0.418. The average Bonchev–Trinajstić information content (AvgIpc) is 3.19. The van der Waals surface area contributed by atoms with E-state index in [1.54, 1.807) is 12.1 Å². The van der Waals surface area contributed by atoms with Crippen LogP contribution in [0.15, 0.2) is 72.8 Å². The number of nitrogens with one attached hydrogen (secondary N) is 2. The van der Waals surface area contributed by atoms with Gasteiger partial charge in [-0.1, -0.05) is 60.7 Å². The molecule has 7 heteroatoms. The van der Waals surface area contributed by atoms with Gasteiger partial charge in [-0.3, -0.25) is 4.79 Å². The van der Waals surface area contributed by atoms with Gasteiger partial charge in [0, 0.05) is 24.9 Å². The number of benzene rings is 3. The van der Waals surface area contributed by atoms with Crippen LogP contribution < -0.4 is 10.6 Å². The van der Waals surface area contributed by atoms with E-state index in [0.717, 1.165) is 16.7 Å². The van der Waals surface area contributed by atoms with Crippen LogP contribution in [0.3, 0.4) is 0 Å². The Bertz CT molecular complexity index is 1180. The van der Waals surface area contributed by atoms with Gasteiger partial charge in [0.25, 0.3) is 0 Å². The van der Waals surface area contributed by atoms with Crippen molar-refractivity contribution in [2.24, 2.45) is 0 Å². The minimum absolute atomic E-state index is 0.00111. The number of amides is 2. The van der Waals surface area contributed by atoms with E-state index in [4.69, 9.17) is 9.84 Å². The molecular formula is C28H28N2O5. The number of carbonyl (C=O) groups is 3. The van der Waals surface area contributed by atoms with Crippen LogP contribution in [0.5, 0.6) is 0 Å². The fourth-order valence-electron chi connectivity index (χ4n) is 4.32. The summed E-state index contributed by atoms with van der Waals surface area (Å²) in [4.78, 5) is 35.5. The standard InChI is InChI=1S/C28H28N2O5/c1-18(10-15-26(31)29-16-19-11-13-20(14-12-19)27(32)33)30-28(34)35-17-25-23-8-4-2-6-21(23)22-7-3-5-9-24(22)25/h2-9,11-14,18,25H,10,15-17H2,1H3,(H,29,31)(H,30,34)(H,32,33). The molecule has 0 aromatic heterocycles. The number of fused-ring (bicyclic) bond motifs is 3. The van der Waals surface area contributed by atoms with Crippen molar-refractivity contribution in [3.8, 4) is 11.1 Å². The van der Waals surface area contributed by atoms with E-state index < -0.39 is 12.1 Å². The zero-order valence-corrected chi connectivity index (χ0v) is 19.5. The first-order chi connectivity index (χ1) is 16.9. The monoisotopic (exact) mass is 472 g/mol. The fraction of sp³-hybridized carbons (Fsp3) is 0.250. The maximum absolute atomic E-state index is 12.4. The zero-order valence-electron chi connectivity index (χ0n) is 19.5. The smallest absolute Gasteiger partial charge is 0.407 e. The third-order valence-electron chi connectivity index (χ3n) is 6.20. The largest absolute Gasteiger partial charge is 0.478 e. The molecule has 1 aliphatic rings. The first-order valence-corrected chi connectivity index (χ1v) is 11.6. The minimum atomic E-state index is -0.988. The first kappa shape index (κ1) is 24.0. The Hall–Kier alpha value is -4.13. The Balaban J connectivity index is 1.20. The number of hydrogen-bond acceptors (Lipinski definition) is 4. The highest BCUT2D eigenvalue weighted by Crippen LogP contribution is 2.44. The molecule has 4 rings (SSSR count). The van der Waals surface area contributed by atoms with Crippen molar-refractivity contribution in [1.29, 1.82) is 0 Å². The van der Waals surface area contributed by atoms with Crippen LogP contribution in [-0.2, 0) is 16.1 Å². The number of alkyl carbamates (subject to hydrolysis) is 1. The van der Waals surface area contributed by atoms with Gasteiger partial charge in [0.2, 0.25) is 5.91 Å². The summed E-state index contributed by atoms with van der Waals surface area (Å²) in [6, 6.07) is 22.5. The number of carbonyl (C=O) groups excluding carboxylic acids is 2. The highest BCUT2D eigenvalue weighted by molar-refractivity contribution is 5.87. The van der Waals surface area contributed by atoms with Crippen LogP contribution in [0, 0.1) is 0 Å². The molecule has 35 heavy (non-hydrogen) atoms. The van der Waals surface area contributed by atoms with Crippen molar-refractivity contribution in [3.05, 3.63) is 95.1 Å². The van der Waals surface area contributed by atoms with Crippen LogP contribution >= 0.6 is 0 Å². The molecule has 0 saturated heterocycles. The Labute approximate surface area is 204 Å². The van der Waals surface area contributed by atoms with Gasteiger partial charge in [-0.15, -0.1) is 0 Å². The Morgan fingerprint density at radius 1 is 0.914 bits per heavy atom. The van der Waals surface area contributed by atoms with Crippen molar-refractivity contribution < 1.29 is 24.2 Å². The summed E-state index contributed by atoms with van der Waals surface area (Å²) in [7, 11) is 0. The summed E-state index contributed by atoms with van der Waals surface area (Å²) in [5.74, 6) is -1.13. The molecule has 1 unspecified atom stereocenters. The summed E-state index contributed by atoms with van der Waals surface area (Å²) in [6.45, 7) is 2.39. The van der Waals surface area contributed by atoms with Gasteiger partial charge in [0.15, 0.2) is 0 Å². The summed E-state index contributed by atoms with van der Waals surface area (Å²) in [5.41, 5.74) is 5.68. The maximum Gasteiger partial charge on any atom is 0.407 e. The van der Waals surface area contributed by atoms with Crippen molar-refractivity contribution >= 4 is 18.0 Å². The fourth-order valence-corrected chi connectivity index (χ4v) is 4.32. The van der Waals surface area contributed by atoms with E-state index in [9.17, 15) is 14.4 Å². The van der Waals surface area contributed by atoms with E-state index in [1.807, 2.05) is 31.2 Å². The normalized spacial score (nSPS) is 12.8. The molecule has 7 nitrogen and oxygen atoms in total. The summed E-state index contributed by atoms with van der Waals surface area (Å²) >= 11 is 0. The molecule has 180 valence electrons. The number of rotatable bonds is 9. The van der Waals surface area contributed by atoms with Crippen molar-refractivity contribution in [1.82, 2.24) is 10.6 Å². The van der Waals surface area contributed by atoms with Gasteiger partial charge in [0.05, 0.1) is 5.56 Å². The van der Waals surface area contributed by atoms with Crippen LogP contribution in [0.25, 0.3) is 11.1 Å². The molecule has 2 amide bonds. The summed E-state index contributed by atoms with van der Waals surface area (Å²) in [5, 5.41) is 14.5. The van der Waals surface area contributed by atoms with Gasteiger partial charge in [0.1, 0.15) is 6.61 Å². The van der Waals surface area contributed by atoms with Crippen molar-refractivity contribution in [2.45, 2.75) is 38.3 Å². The molecule has 0 fully saturated rings. The Morgan fingerprint density at radius 3 is 2.11 bits per heavy atom. The third kappa shape index (κ3) is 5.87. The molecule has 0 aliphatic heterocycles. The lowest BCUT2D eigenvalue weighted by atomic mass is 9.98. The van der Waals surface area contributed by atoms with Crippen LogP contribution in [0.4, 0.5) is 4.79 Å². The molecule has 1 atom stereocenters. The number of ether oxygens (including phenoxy) is 1. The second kappa shape index (κ2) is 10.9. The lowest BCUT2D eigenvalue weighted by Gasteiger charge is -2.17. The lowest BCUT2D eigenvalue weighted by Crippen LogP contribution is -2.35. The number of carboxylic acids is 1. The zero-order chi connectivity index (χ0) is 24.8. The number of hydrogen-bond donors (Lipinski definition) is 3. The van der Waals surface area contributed by atoms with Gasteiger partial charge >= 0.3 is 12.1 Å². The topological polar surface area (TPSA) is 105 Å². The highest BCUT2D eigenvalue weighted by atomic mass is 16.5. The van der Waals surface area contributed by atoms with Gasteiger partial charge < -0.3 is 20.5 Å². The molecule has 3 aromatic rings. The molecular weight excluding hydrogens is 444 g/mol. The Kier molecular flexibility index (Phi) is 7.45. The number of carboxylic acid groups (broad SMARTS) is 1. The second-order valence-electron chi connectivity index (χ2n) is 8.69. The predicted molar refractivity (Wildman–Crippen MR) is 132 cm³/mol. The number of aromatic carboxylic acids is 1. The van der Waals surface area contributed by atoms with Crippen molar-refractivity contribution in [3.63, 3.8) is 0 Å². The van der Waals surface area contributed by atoms with Crippen molar-refractivity contribution in [2.75, 3.05) is 6.61 Å². The molecule has 0 bridgehead atoms.